The van der Waals surface area contributed by atoms with Crippen LogP contribution >= 0.6 is 0 Å². The normalized spacial score (nSPS) is 11.9. The van der Waals surface area contributed by atoms with Crippen LogP contribution in [0.3, 0.4) is 0 Å². The van der Waals surface area contributed by atoms with Crippen LogP contribution in [0.15, 0.2) is 29.3 Å². The molecule has 1 heterocycles. The third kappa shape index (κ3) is 6.27. The maximum absolute atomic E-state index is 11.8. The Balaban J connectivity index is 1.90. The van der Waals surface area contributed by atoms with Crippen LogP contribution in [0.5, 0.6) is 0 Å². The number of carbonyl (C=O) groups excluding carboxylic acids is 1. The number of hydrogen-bond donors (Lipinski definition) is 2. The fraction of sp³-hybridized carbons (Fsp3) is 0.550. The molecule has 0 fully saturated rings. The zero-order valence-corrected chi connectivity index (χ0v) is 17.1. The number of aromatic nitrogens is 2. The molecule has 0 aliphatic heterocycles. The number of aliphatic imine (C=N–C) groups is 1. The number of guanidine groups is 1. The van der Waals surface area contributed by atoms with Gasteiger partial charge in [0, 0.05) is 33.7 Å². The van der Waals surface area contributed by atoms with Gasteiger partial charge in [-0.2, -0.15) is 0 Å². The Labute approximate surface area is 161 Å². The number of imidazole rings is 1. The molecule has 148 valence electrons. The van der Waals surface area contributed by atoms with E-state index in [4.69, 9.17) is 0 Å². The van der Waals surface area contributed by atoms with Crippen LogP contribution in [0.2, 0.25) is 0 Å². The highest BCUT2D eigenvalue weighted by Gasteiger charge is 2.07. The Morgan fingerprint density at radius 2 is 2.00 bits per heavy atom. The van der Waals surface area contributed by atoms with Crippen molar-refractivity contribution in [1.29, 1.82) is 0 Å². The molecule has 0 unspecified atom stereocenters. The van der Waals surface area contributed by atoms with Crippen molar-refractivity contribution in [3.63, 3.8) is 0 Å². The summed E-state index contributed by atoms with van der Waals surface area (Å²) < 4.78 is 2.24. The summed E-state index contributed by atoms with van der Waals surface area (Å²) in [7, 11) is 3.48. The molecular formula is C20H32N6O. The zero-order valence-electron chi connectivity index (χ0n) is 17.1. The second-order valence-electron chi connectivity index (χ2n) is 7.31. The van der Waals surface area contributed by atoms with Crippen LogP contribution in [-0.2, 0) is 11.3 Å². The molecule has 0 saturated heterocycles. The summed E-state index contributed by atoms with van der Waals surface area (Å²) in [6, 6.07) is 8.20. The van der Waals surface area contributed by atoms with Gasteiger partial charge in [0.1, 0.15) is 12.4 Å². The number of hydrogen-bond acceptors (Lipinski definition) is 3. The van der Waals surface area contributed by atoms with Gasteiger partial charge in [-0.3, -0.25) is 4.79 Å². The first-order valence-electron chi connectivity index (χ1n) is 9.52. The van der Waals surface area contributed by atoms with E-state index in [1.165, 1.54) is 5.52 Å². The van der Waals surface area contributed by atoms with Crippen LogP contribution in [0.4, 0.5) is 0 Å². The zero-order chi connectivity index (χ0) is 19.8. The monoisotopic (exact) mass is 372 g/mol. The number of amides is 1. The van der Waals surface area contributed by atoms with Crippen molar-refractivity contribution in [2.24, 2.45) is 10.9 Å². The van der Waals surface area contributed by atoms with Gasteiger partial charge >= 0.3 is 0 Å². The maximum atomic E-state index is 11.8. The van der Waals surface area contributed by atoms with E-state index in [-0.39, 0.29) is 12.5 Å². The quantitative estimate of drug-likeness (QED) is 0.422. The van der Waals surface area contributed by atoms with Gasteiger partial charge in [0.15, 0.2) is 5.96 Å². The van der Waals surface area contributed by atoms with Crippen LogP contribution in [0.25, 0.3) is 11.0 Å². The predicted octanol–water partition coefficient (Wildman–Crippen LogP) is 2.01. The average molecular weight is 373 g/mol. The van der Waals surface area contributed by atoms with E-state index >= 15 is 0 Å². The first-order valence-corrected chi connectivity index (χ1v) is 9.52. The topological polar surface area (TPSA) is 74.5 Å². The van der Waals surface area contributed by atoms with Gasteiger partial charge in [-0.05, 0) is 31.4 Å². The van der Waals surface area contributed by atoms with E-state index in [2.05, 4.69) is 45.1 Å². The van der Waals surface area contributed by atoms with Crippen molar-refractivity contribution in [2.45, 2.75) is 33.7 Å². The summed E-state index contributed by atoms with van der Waals surface area (Å²) in [4.78, 5) is 22.3. The molecule has 2 N–H and O–H groups in total. The van der Waals surface area contributed by atoms with Gasteiger partial charge in [0.25, 0.3) is 0 Å². The minimum atomic E-state index is -0.0128. The number of benzene rings is 1. The molecule has 7 heteroatoms. The third-order valence-corrected chi connectivity index (χ3v) is 4.25. The molecule has 0 aliphatic carbocycles. The van der Waals surface area contributed by atoms with Crippen molar-refractivity contribution in [1.82, 2.24) is 25.1 Å². The molecule has 7 nitrogen and oxygen atoms in total. The summed E-state index contributed by atoms with van der Waals surface area (Å²) >= 11 is 0. The molecule has 1 aromatic carbocycles. The summed E-state index contributed by atoms with van der Waals surface area (Å²) in [5.41, 5.74) is 2.20. The Morgan fingerprint density at radius 3 is 2.70 bits per heavy atom. The molecule has 2 rings (SSSR count). The summed E-state index contributed by atoms with van der Waals surface area (Å²) in [5, 5.41) is 6.63. The molecule has 2 aromatic rings. The summed E-state index contributed by atoms with van der Waals surface area (Å²) in [5.74, 6) is 2.20. The third-order valence-electron chi connectivity index (χ3n) is 4.25. The lowest BCUT2D eigenvalue weighted by Crippen LogP contribution is -2.40. The molecule has 0 spiro atoms. The number of aryl methyl sites for hydroxylation is 2. The van der Waals surface area contributed by atoms with Gasteiger partial charge in [-0.25, -0.2) is 9.98 Å². The van der Waals surface area contributed by atoms with Gasteiger partial charge in [0.05, 0.1) is 11.0 Å². The number of para-hydroxylation sites is 2. The summed E-state index contributed by atoms with van der Waals surface area (Å²) in [6.07, 6.45) is 0.936. The minimum Gasteiger partial charge on any atom is -0.356 e. The minimum absolute atomic E-state index is 0.0128. The fourth-order valence-corrected chi connectivity index (χ4v) is 2.69. The van der Waals surface area contributed by atoms with E-state index in [1.54, 1.807) is 19.0 Å². The number of likely N-dealkylation sites (N-methyl/N-ethyl adjacent to an activating group) is 1. The molecule has 1 aromatic heterocycles. The van der Waals surface area contributed by atoms with Crippen LogP contribution in [0.1, 0.15) is 26.1 Å². The molecule has 0 bridgehead atoms. The molecule has 0 radical (unpaired) electrons. The van der Waals surface area contributed by atoms with Gasteiger partial charge < -0.3 is 20.1 Å². The Morgan fingerprint density at radius 1 is 1.26 bits per heavy atom. The van der Waals surface area contributed by atoms with E-state index in [0.29, 0.717) is 11.9 Å². The second kappa shape index (κ2) is 9.94. The van der Waals surface area contributed by atoms with Gasteiger partial charge in [-0.15, -0.1) is 0 Å². The molecule has 1 amide bonds. The number of rotatable bonds is 8. The fourth-order valence-electron chi connectivity index (χ4n) is 2.69. The highest BCUT2D eigenvalue weighted by atomic mass is 16.2. The first-order chi connectivity index (χ1) is 12.9. The Bertz CT molecular complexity index is 778. The predicted molar refractivity (Wildman–Crippen MR) is 111 cm³/mol. The number of carbonyl (C=O) groups is 1. The lowest BCUT2D eigenvalue weighted by Gasteiger charge is -2.15. The smallest absolute Gasteiger partial charge is 0.243 e. The average Bonchev–Trinajstić information content (AvgIpc) is 2.95. The lowest BCUT2D eigenvalue weighted by atomic mass is 10.2. The SMILES string of the molecule is Cc1nc2ccccc2n1CCCNC(=NCC(=O)N(C)C)NCC(C)C. The first kappa shape index (κ1) is 20.7. The summed E-state index contributed by atoms with van der Waals surface area (Å²) in [6.45, 7) is 8.93. The van der Waals surface area contributed by atoms with E-state index in [0.717, 1.165) is 37.4 Å². The highest BCUT2D eigenvalue weighted by Crippen LogP contribution is 2.15. The largest absolute Gasteiger partial charge is 0.356 e. The maximum Gasteiger partial charge on any atom is 0.243 e. The number of nitrogens with zero attached hydrogens (tertiary/aromatic N) is 4. The second-order valence-corrected chi connectivity index (χ2v) is 7.31. The van der Waals surface area contributed by atoms with E-state index in [9.17, 15) is 4.79 Å². The molecular weight excluding hydrogens is 340 g/mol. The van der Waals surface area contributed by atoms with Crippen molar-refractivity contribution in [3.05, 3.63) is 30.1 Å². The van der Waals surface area contributed by atoms with E-state index in [1.807, 2.05) is 25.1 Å². The van der Waals surface area contributed by atoms with Crippen LogP contribution < -0.4 is 10.6 Å². The van der Waals surface area contributed by atoms with Crippen molar-refractivity contribution in [3.8, 4) is 0 Å². The number of fused-ring (bicyclic) bond motifs is 1. The highest BCUT2D eigenvalue weighted by molar-refractivity contribution is 5.84. The van der Waals surface area contributed by atoms with Gasteiger partial charge in [-0.1, -0.05) is 26.0 Å². The Kier molecular flexibility index (Phi) is 7.64. The molecule has 0 aliphatic rings. The molecule has 27 heavy (non-hydrogen) atoms. The molecule has 0 saturated carbocycles. The number of nitrogens with one attached hydrogen (secondary N) is 2. The van der Waals surface area contributed by atoms with Gasteiger partial charge in [0.2, 0.25) is 5.91 Å². The van der Waals surface area contributed by atoms with E-state index < -0.39 is 0 Å². The van der Waals surface area contributed by atoms with Crippen LogP contribution in [0, 0.1) is 12.8 Å². The lowest BCUT2D eigenvalue weighted by molar-refractivity contribution is -0.127. The standard InChI is InChI=1S/C20H32N6O/c1-15(2)13-22-20(23-14-19(27)25(4)5)21-11-8-12-26-16(3)24-17-9-6-7-10-18(17)26/h6-7,9-10,15H,8,11-14H2,1-5H3,(H2,21,22,23). The van der Waals surface area contributed by atoms with Crippen molar-refractivity contribution in [2.75, 3.05) is 33.7 Å². The Hall–Kier alpha value is -2.57. The van der Waals surface area contributed by atoms with Crippen molar-refractivity contribution < 1.29 is 4.79 Å². The van der Waals surface area contributed by atoms with Crippen molar-refractivity contribution >= 4 is 22.9 Å². The van der Waals surface area contributed by atoms with Crippen LogP contribution in [-0.4, -0.2) is 60.0 Å². The molecule has 0 atom stereocenters.